The number of pyridine rings is 1. The summed E-state index contributed by atoms with van der Waals surface area (Å²) in [5.41, 5.74) is 3.33. The van der Waals surface area contributed by atoms with E-state index in [0.29, 0.717) is 12.2 Å². The standard InChI is InChI=1S/C14H18N4O2/c1-4-12-10(9-18(2)17-12)8-16-11-5-6-15-13(7-11)14(19)20-3/h5-7,9H,4,8H2,1-3H3,(H,15,16). The Morgan fingerprint density at radius 2 is 2.30 bits per heavy atom. The molecule has 0 amide bonds. The van der Waals surface area contributed by atoms with Gasteiger partial charge in [-0.15, -0.1) is 0 Å². The lowest BCUT2D eigenvalue weighted by Crippen LogP contribution is -2.06. The van der Waals surface area contributed by atoms with Gasteiger partial charge in [-0.1, -0.05) is 6.92 Å². The minimum Gasteiger partial charge on any atom is -0.464 e. The van der Waals surface area contributed by atoms with Crippen LogP contribution in [0.5, 0.6) is 0 Å². The molecule has 6 heteroatoms. The third-order valence-corrected chi connectivity index (χ3v) is 2.96. The van der Waals surface area contributed by atoms with E-state index in [1.165, 1.54) is 7.11 Å². The lowest BCUT2D eigenvalue weighted by atomic mass is 10.2. The largest absolute Gasteiger partial charge is 0.464 e. The Labute approximate surface area is 117 Å². The van der Waals surface area contributed by atoms with Crippen LogP contribution in [0.2, 0.25) is 0 Å². The average Bonchev–Trinajstić information content (AvgIpc) is 2.84. The van der Waals surface area contributed by atoms with Gasteiger partial charge in [0.2, 0.25) is 0 Å². The second-order valence-electron chi connectivity index (χ2n) is 4.40. The number of esters is 1. The molecule has 0 spiro atoms. The van der Waals surface area contributed by atoms with Crippen LogP contribution in [0.15, 0.2) is 24.5 Å². The summed E-state index contributed by atoms with van der Waals surface area (Å²) >= 11 is 0. The molecule has 2 aromatic rings. The molecule has 0 aromatic carbocycles. The zero-order chi connectivity index (χ0) is 14.5. The summed E-state index contributed by atoms with van der Waals surface area (Å²) in [6.45, 7) is 2.73. The summed E-state index contributed by atoms with van der Waals surface area (Å²) in [7, 11) is 3.25. The smallest absolute Gasteiger partial charge is 0.356 e. The predicted octanol–water partition coefficient (Wildman–Crippen LogP) is 1.78. The number of nitrogens with one attached hydrogen (secondary N) is 1. The number of methoxy groups -OCH3 is 1. The van der Waals surface area contributed by atoms with E-state index < -0.39 is 5.97 Å². The number of carbonyl (C=O) groups excluding carboxylic acids is 1. The Morgan fingerprint density at radius 3 is 3.00 bits per heavy atom. The maximum absolute atomic E-state index is 11.4. The zero-order valence-electron chi connectivity index (χ0n) is 11.9. The van der Waals surface area contributed by atoms with Crippen molar-refractivity contribution in [2.45, 2.75) is 19.9 Å². The van der Waals surface area contributed by atoms with Crippen LogP contribution < -0.4 is 5.32 Å². The van der Waals surface area contributed by atoms with Crippen molar-refractivity contribution in [1.82, 2.24) is 14.8 Å². The normalized spacial score (nSPS) is 10.3. The lowest BCUT2D eigenvalue weighted by molar-refractivity contribution is 0.0594. The van der Waals surface area contributed by atoms with Gasteiger partial charge in [-0.25, -0.2) is 9.78 Å². The van der Waals surface area contributed by atoms with Crippen molar-refractivity contribution in [1.29, 1.82) is 0 Å². The van der Waals surface area contributed by atoms with Crippen LogP contribution in [-0.2, 0) is 24.8 Å². The van der Waals surface area contributed by atoms with E-state index in [-0.39, 0.29) is 0 Å². The molecule has 0 radical (unpaired) electrons. The molecule has 2 heterocycles. The van der Waals surface area contributed by atoms with Gasteiger partial charge in [-0.2, -0.15) is 5.10 Å². The van der Waals surface area contributed by atoms with Gasteiger partial charge in [0.1, 0.15) is 5.69 Å². The maximum atomic E-state index is 11.4. The third-order valence-electron chi connectivity index (χ3n) is 2.96. The van der Waals surface area contributed by atoms with Crippen molar-refractivity contribution in [3.05, 3.63) is 41.5 Å². The second-order valence-corrected chi connectivity index (χ2v) is 4.40. The highest BCUT2D eigenvalue weighted by Crippen LogP contribution is 2.13. The van der Waals surface area contributed by atoms with Gasteiger partial charge in [0, 0.05) is 37.2 Å². The molecule has 0 aliphatic rings. The molecular weight excluding hydrogens is 256 g/mol. The van der Waals surface area contributed by atoms with Crippen LogP contribution in [0.3, 0.4) is 0 Å². The average molecular weight is 274 g/mol. The first-order valence-corrected chi connectivity index (χ1v) is 6.43. The number of aryl methyl sites for hydroxylation is 2. The highest BCUT2D eigenvalue weighted by molar-refractivity contribution is 5.88. The van der Waals surface area contributed by atoms with E-state index in [2.05, 4.69) is 27.1 Å². The van der Waals surface area contributed by atoms with Gasteiger partial charge >= 0.3 is 5.97 Å². The molecule has 20 heavy (non-hydrogen) atoms. The Bertz CT molecular complexity index is 607. The number of hydrogen-bond acceptors (Lipinski definition) is 5. The van der Waals surface area contributed by atoms with Crippen molar-refractivity contribution in [2.75, 3.05) is 12.4 Å². The number of anilines is 1. The van der Waals surface area contributed by atoms with Crippen LogP contribution in [0.25, 0.3) is 0 Å². The monoisotopic (exact) mass is 274 g/mol. The van der Waals surface area contributed by atoms with Crippen molar-refractivity contribution in [3.8, 4) is 0 Å². The summed E-state index contributed by atoms with van der Waals surface area (Å²) < 4.78 is 6.46. The summed E-state index contributed by atoms with van der Waals surface area (Å²) in [6.07, 6.45) is 4.47. The molecular formula is C14H18N4O2. The molecule has 0 saturated heterocycles. The molecule has 0 saturated carbocycles. The fourth-order valence-electron chi connectivity index (χ4n) is 1.98. The van der Waals surface area contributed by atoms with Crippen molar-refractivity contribution >= 4 is 11.7 Å². The number of aromatic nitrogens is 3. The summed E-state index contributed by atoms with van der Waals surface area (Å²) in [5.74, 6) is -0.440. The highest BCUT2D eigenvalue weighted by atomic mass is 16.5. The van der Waals surface area contributed by atoms with E-state index in [0.717, 1.165) is 23.4 Å². The van der Waals surface area contributed by atoms with Crippen LogP contribution in [0, 0.1) is 0 Å². The van der Waals surface area contributed by atoms with Gasteiger partial charge in [-0.3, -0.25) is 4.68 Å². The topological polar surface area (TPSA) is 69.0 Å². The number of nitrogens with zero attached hydrogens (tertiary/aromatic N) is 3. The number of rotatable bonds is 5. The summed E-state index contributed by atoms with van der Waals surface area (Å²) in [6, 6.07) is 3.49. The van der Waals surface area contributed by atoms with E-state index in [4.69, 9.17) is 0 Å². The Kier molecular flexibility index (Phi) is 4.34. The number of hydrogen-bond donors (Lipinski definition) is 1. The van der Waals surface area contributed by atoms with E-state index in [9.17, 15) is 4.79 Å². The predicted molar refractivity (Wildman–Crippen MR) is 75.5 cm³/mol. The fourth-order valence-corrected chi connectivity index (χ4v) is 1.98. The van der Waals surface area contributed by atoms with E-state index in [1.54, 1.807) is 12.3 Å². The minimum atomic E-state index is -0.440. The first-order chi connectivity index (χ1) is 9.63. The maximum Gasteiger partial charge on any atom is 0.356 e. The van der Waals surface area contributed by atoms with Crippen LogP contribution in [0.1, 0.15) is 28.7 Å². The molecule has 0 aliphatic heterocycles. The van der Waals surface area contributed by atoms with Crippen molar-refractivity contribution in [2.24, 2.45) is 7.05 Å². The molecule has 6 nitrogen and oxygen atoms in total. The van der Waals surface area contributed by atoms with Gasteiger partial charge < -0.3 is 10.1 Å². The lowest BCUT2D eigenvalue weighted by Gasteiger charge is -2.07. The number of carbonyl (C=O) groups is 1. The van der Waals surface area contributed by atoms with Gasteiger partial charge in [0.05, 0.1) is 12.8 Å². The first kappa shape index (κ1) is 14.0. The Hall–Kier alpha value is -2.37. The fraction of sp³-hybridized carbons (Fsp3) is 0.357. The molecule has 0 atom stereocenters. The highest BCUT2D eigenvalue weighted by Gasteiger charge is 2.09. The molecule has 0 aliphatic carbocycles. The van der Waals surface area contributed by atoms with Gasteiger partial charge in [-0.05, 0) is 18.6 Å². The minimum absolute atomic E-state index is 0.291. The molecule has 0 bridgehead atoms. The molecule has 2 rings (SSSR count). The Morgan fingerprint density at radius 1 is 1.50 bits per heavy atom. The van der Waals surface area contributed by atoms with Gasteiger partial charge in [0.15, 0.2) is 0 Å². The van der Waals surface area contributed by atoms with Gasteiger partial charge in [0.25, 0.3) is 0 Å². The van der Waals surface area contributed by atoms with Crippen LogP contribution in [-0.4, -0.2) is 27.8 Å². The quantitative estimate of drug-likeness (QED) is 0.842. The van der Waals surface area contributed by atoms with E-state index >= 15 is 0 Å². The summed E-state index contributed by atoms with van der Waals surface area (Å²) in [4.78, 5) is 15.4. The molecule has 1 N–H and O–H groups in total. The first-order valence-electron chi connectivity index (χ1n) is 6.43. The third kappa shape index (κ3) is 3.14. The molecule has 0 fully saturated rings. The second kappa shape index (κ2) is 6.18. The van der Waals surface area contributed by atoms with E-state index in [1.807, 2.05) is 24.0 Å². The molecule has 0 unspecified atom stereocenters. The Balaban J connectivity index is 2.09. The zero-order valence-corrected chi connectivity index (χ0v) is 11.9. The number of ether oxygens (including phenoxy) is 1. The molecule has 2 aromatic heterocycles. The molecule has 106 valence electrons. The van der Waals surface area contributed by atoms with Crippen molar-refractivity contribution < 1.29 is 9.53 Å². The van der Waals surface area contributed by atoms with Crippen LogP contribution in [0.4, 0.5) is 5.69 Å². The summed E-state index contributed by atoms with van der Waals surface area (Å²) in [5, 5.41) is 7.66. The van der Waals surface area contributed by atoms with Crippen LogP contribution >= 0.6 is 0 Å². The van der Waals surface area contributed by atoms with Crippen molar-refractivity contribution in [3.63, 3.8) is 0 Å². The SMILES string of the molecule is CCc1nn(C)cc1CNc1ccnc(C(=O)OC)c1.